The smallest absolute Gasteiger partial charge is 0.262 e. The van der Waals surface area contributed by atoms with Gasteiger partial charge in [0.15, 0.2) is 16.4 Å². The fraction of sp³-hybridized carbons (Fsp3) is 0.333. The Morgan fingerprint density at radius 3 is 2.48 bits per heavy atom. The molecule has 3 rings (SSSR count). The van der Waals surface area contributed by atoms with Gasteiger partial charge in [-0.3, -0.25) is 9.59 Å². The van der Waals surface area contributed by atoms with Gasteiger partial charge in [0, 0.05) is 12.1 Å². The molecule has 0 radical (unpaired) electrons. The topological polar surface area (TPSA) is 102 Å². The summed E-state index contributed by atoms with van der Waals surface area (Å²) >= 11 is 0. The highest BCUT2D eigenvalue weighted by Gasteiger charge is 2.28. The van der Waals surface area contributed by atoms with Crippen molar-refractivity contribution < 1.29 is 22.7 Å². The molecule has 2 aromatic rings. The van der Waals surface area contributed by atoms with Gasteiger partial charge in [0.05, 0.1) is 15.8 Å². The summed E-state index contributed by atoms with van der Waals surface area (Å²) in [6.07, 6.45) is -0.186. The number of nitrogens with one attached hydrogen (secondary N) is 2. The van der Waals surface area contributed by atoms with Crippen molar-refractivity contribution in [3.05, 3.63) is 48.0 Å². The Morgan fingerprint density at radius 2 is 1.83 bits per heavy atom. The van der Waals surface area contributed by atoms with Gasteiger partial charge in [-0.1, -0.05) is 26.0 Å². The molecular formula is C21H24N2O5S. The first-order chi connectivity index (χ1) is 13.7. The normalized spacial score (nSPS) is 14.6. The van der Waals surface area contributed by atoms with Crippen molar-refractivity contribution >= 4 is 33.0 Å². The van der Waals surface area contributed by atoms with E-state index in [1.54, 1.807) is 12.1 Å². The number of rotatable bonds is 6. The van der Waals surface area contributed by atoms with E-state index in [1.807, 2.05) is 12.1 Å². The van der Waals surface area contributed by atoms with Crippen molar-refractivity contribution in [3.8, 4) is 5.75 Å². The largest absolute Gasteiger partial charge is 0.482 e. The molecule has 1 unspecified atom stereocenters. The summed E-state index contributed by atoms with van der Waals surface area (Å²) in [5.74, 6) is 0.0754. The quantitative estimate of drug-likeness (QED) is 0.752. The highest BCUT2D eigenvalue weighted by atomic mass is 32.2. The fourth-order valence-electron chi connectivity index (χ4n) is 3.01. The van der Waals surface area contributed by atoms with Gasteiger partial charge in [0.1, 0.15) is 5.75 Å². The van der Waals surface area contributed by atoms with E-state index in [0.717, 1.165) is 5.56 Å². The molecule has 1 atom stereocenters. The van der Waals surface area contributed by atoms with E-state index in [1.165, 1.54) is 25.1 Å². The number of hydrogen-bond donors (Lipinski definition) is 2. The van der Waals surface area contributed by atoms with Crippen LogP contribution in [0.1, 0.15) is 38.7 Å². The van der Waals surface area contributed by atoms with Crippen LogP contribution in [0.5, 0.6) is 5.75 Å². The lowest BCUT2D eigenvalue weighted by Gasteiger charge is -2.19. The third kappa shape index (κ3) is 4.76. The first kappa shape index (κ1) is 20.9. The Bertz CT molecular complexity index is 1030. The van der Waals surface area contributed by atoms with E-state index >= 15 is 0 Å². The number of sulfone groups is 1. The van der Waals surface area contributed by atoms with Gasteiger partial charge in [0.2, 0.25) is 5.91 Å². The van der Waals surface area contributed by atoms with Crippen LogP contribution in [0, 0.1) is 0 Å². The number of carbonyl (C=O) groups is 2. The van der Waals surface area contributed by atoms with Crippen molar-refractivity contribution in [2.45, 2.75) is 43.3 Å². The molecule has 0 aliphatic carbocycles. The van der Waals surface area contributed by atoms with Crippen molar-refractivity contribution in [3.63, 3.8) is 0 Å². The number of fused-ring (bicyclic) bond motifs is 1. The molecule has 29 heavy (non-hydrogen) atoms. The highest BCUT2D eigenvalue weighted by Crippen LogP contribution is 2.31. The molecule has 0 saturated heterocycles. The minimum Gasteiger partial charge on any atom is -0.482 e. The average Bonchev–Trinajstić information content (AvgIpc) is 2.67. The molecule has 2 aromatic carbocycles. The van der Waals surface area contributed by atoms with Crippen LogP contribution in [0.15, 0.2) is 47.4 Å². The zero-order valence-corrected chi connectivity index (χ0v) is 17.4. The molecule has 0 aromatic heterocycles. The van der Waals surface area contributed by atoms with Gasteiger partial charge in [-0.2, -0.15) is 0 Å². The zero-order chi connectivity index (χ0) is 21.2. The van der Waals surface area contributed by atoms with Gasteiger partial charge in [-0.15, -0.1) is 0 Å². The number of anilines is 2. The molecule has 0 spiro atoms. The molecule has 1 aliphatic rings. The summed E-state index contributed by atoms with van der Waals surface area (Å²) in [6, 6.07) is 11.8. The summed E-state index contributed by atoms with van der Waals surface area (Å²) < 4.78 is 31.0. The van der Waals surface area contributed by atoms with Crippen LogP contribution in [0.3, 0.4) is 0 Å². The zero-order valence-electron chi connectivity index (χ0n) is 16.6. The maximum atomic E-state index is 12.9. The van der Waals surface area contributed by atoms with E-state index in [0.29, 0.717) is 23.0 Å². The molecule has 1 heterocycles. The maximum absolute atomic E-state index is 12.9. The third-order valence-corrected chi connectivity index (χ3v) is 6.91. The van der Waals surface area contributed by atoms with Crippen molar-refractivity contribution in [2.24, 2.45) is 0 Å². The van der Waals surface area contributed by atoms with Gasteiger partial charge < -0.3 is 15.4 Å². The minimum atomic E-state index is -3.76. The van der Waals surface area contributed by atoms with Gasteiger partial charge in [-0.25, -0.2) is 8.42 Å². The Hall–Kier alpha value is -2.87. The third-order valence-electron chi connectivity index (χ3n) is 4.78. The Morgan fingerprint density at radius 1 is 1.14 bits per heavy atom. The second kappa shape index (κ2) is 8.24. The predicted molar refractivity (Wildman–Crippen MR) is 111 cm³/mol. The average molecular weight is 416 g/mol. The monoisotopic (exact) mass is 416 g/mol. The van der Waals surface area contributed by atoms with Crippen LogP contribution in [0.4, 0.5) is 11.4 Å². The summed E-state index contributed by atoms with van der Waals surface area (Å²) in [6.45, 7) is 5.55. The van der Waals surface area contributed by atoms with Crippen LogP contribution in [0.2, 0.25) is 0 Å². The Kier molecular flexibility index (Phi) is 5.93. The summed E-state index contributed by atoms with van der Waals surface area (Å²) in [7, 11) is -3.76. The molecule has 8 heteroatoms. The Balaban J connectivity index is 1.69. The lowest BCUT2D eigenvalue weighted by atomic mass is 10.0. The number of carbonyl (C=O) groups excluding carboxylic acids is 2. The number of ether oxygens (including phenoxy) is 1. The summed E-state index contributed by atoms with van der Waals surface area (Å²) in [5, 5.41) is 4.39. The fourth-order valence-corrected chi connectivity index (χ4v) is 4.38. The second-order valence-corrected chi connectivity index (χ2v) is 9.75. The standard InChI is InChI=1S/C21H24N2O5S/c1-13(2)15-4-6-16(7-5-15)22-20(24)10-14(3)29(26,27)17-8-9-19-18(11-17)23-21(25)12-28-19/h4-9,11,13-14H,10,12H2,1-3H3,(H,22,24)(H,23,25). The molecule has 0 bridgehead atoms. The molecule has 0 fully saturated rings. The second-order valence-electron chi connectivity index (χ2n) is 7.38. The summed E-state index contributed by atoms with van der Waals surface area (Å²) in [5.41, 5.74) is 2.09. The molecule has 2 N–H and O–H groups in total. The van der Waals surface area contributed by atoms with E-state index in [4.69, 9.17) is 4.74 Å². The van der Waals surface area contributed by atoms with Crippen LogP contribution < -0.4 is 15.4 Å². The number of hydrogen-bond acceptors (Lipinski definition) is 5. The first-order valence-electron chi connectivity index (χ1n) is 9.37. The van der Waals surface area contributed by atoms with Crippen LogP contribution in [0.25, 0.3) is 0 Å². The molecule has 154 valence electrons. The molecular weight excluding hydrogens is 392 g/mol. The van der Waals surface area contributed by atoms with Crippen LogP contribution >= 0.6 is 0 Å². The highest BCUT2D eigenvalue weighted by molar-refractivity contribution is 7.92. The van der Waals surface area contributed by atoms with E-state index in [2.05, 4.69) is 24.5 Å². The lowest BCUT2D eigenvalue weighted by Crippen LogP contribution is -2.27. The van der Waals surface area contributed by atoms with E-state index in [9.17, 15) is 18.0 Å². The van der Waals surface area contributed by atoms with Crippen molar-refractivity contribution in [2.75, 3.05) is 17.2 Å². The first-order valence-corrected chi connectivity index (χ1v) is 10.9. The molecule has 1 aliphatic heterocycles. The molecule has 7 nitrogen and oxygen atoms in total. The van der Waals surface area contributed by atoms with Crippen LogP contribution in [-0.2, 0) is 19.4 Å². The van der Waals surface area contributed by atoms with Crippen molar-refractivity contribution in [1.82, 2.24) is 0 Å². The van der Waals surface area contributed by atoms with Gasteiger partial charge >= 0.3 is 0 Å². The van der Waals surface area contributed by atoms with Crippen molar-refractivity contribution in [1.29, 1.82) is 0 Å². The minimum absolute atomic E-state index is 0.0311. The van der Waals surface area contributed by atoms with E-state index in [-0.39, 0.29) is 29.7 Å². The van der Waals surface area contributed by atoms with Gasteiger partial charge in [-0.05, 0) is 48.7 Å². The van der Waals surface area contributed by atoms with E-state index < -0.39 is 15.1 Å². The number of amides is 2. The SMILES string of the molecule is CC(C)c1ccc(NC(=O)CC(C)S(=O)(=O)c2ccc3c(c2)NC(=O)CO3)cc1. The summed E-state index contributed by atoms with van der Waals surface area (Å²) in [4.78, 5) is 23.8. The van der Waals surface area contributed by atoms with Gasteiger partial charge in [0.25, 0.3) is 5.91 Å². The number of benzene rings is 2. The Labute approximate surface area is 170 Å². The van der Waals surface area contributed by atoms with Crippen LogP contribution in [-0.4, -0.2) is 32.1 Å². The molecule has 0 saturated carbocycles. The maximum Gasteiger partial charge on any atom is 0.262 e. The predicted octanol–water partition coefficient (Wildman–Crippen LogP) is 3.33. The molecule has 2 amide bonds. The lowest BCUT2D eigenvalue weighted by molar-refractivity contribution is -0.118.